The predicted molar refractivity (Wildman–Crippen MR) is 77.3 cm³/mol. The highest BCUT2D eigenvalue weighted by atomic mass is 16.3. The van der Waals surface area contributed by atoms with E-state index in [4.69, 9.17) is 0 Å². The van der Waals surface area contributed by atoms with Crippen molar-refractivity contribution in [3.05, 3.63) is 65.7 Å². The molecule has 1 aliphatic carbocycles. The van der Waals surface area contributed by atoms with E-state index >= 15 is 0 Å². The molecule has 1 aliphatic rings. The molecule has 0 atom stereocenters. The molecule has 2 aromatic carbocycles. The third kappa shape index (κ3) is 2.52. The minimum Gasteiger partial charge on any atom is -0.508 e. The minimum absolute atomic E-state index is 0.0483. The summed E-state index contributed by atoms with van der Waals surface area (Å²) in [6, 6.07) is 17.0. The molecule has 0 aliphatic heterocycles. The fraction of sp³-hybridized carbons (Fsp3) is 0.235. The van der Waals surface area contributed by atoms with E-state index in [1.54, 1.807) is 18.2 Å². The van der Waals surface area contributed by atoms with Gasteiger partial charge in [0.1, 0.15) is 5.75 Å². The third-order valence-corrected chi connectivity index (χ3v) is 3.80. The largest absolute Gasteiger partial charge is 0.508 e. The molecule has 0 aromatic heterocycles. The third-order valence-electron chi connectivity index (χ3n) is 3.80. The van der Waals surface area contributed by atoms with Crippen molar-refractivity contribution in [2.24, 2.45) is 0 Å². The van der Waals surface area contributed by atoms with Gasteiger partial charge in [0.2, 0.25) is 5.91 Å². The van der Waals surface area contributed by atoms with Gasteiger partial charge >= 0.3 is 0 Å². The van der Waals surface area contributed by atoms with Crippen LogP contribution in [0.4, 0.5) is 0 Å². The summed E-state index contributed by atoms with van der Waals surface area (Å²) in [5.41, 5.74) is 1.63. The van der Waals surface area contributed by atoms with Crippen LogP contribution in [0.1, 0.15) is 24.0 Å². The Kier molecular flexibility index (Phi) is 3.18. The molecule has 1 fully saturated rings. The van der Waals surface area contributed by atoms with Gasteiger partial charge in [-0.2, -0.15) is 0 Å². The highest BCUT2D eigenvalue weighted by Gasteiger charge is 2.45. The lowest BCUT2D eigenvalue weighted by Gasteiger charge is -2.18. The molecule has 3 rings (SSSR count). The number of phenols is 1. The van der Waals surface area contributed by atoms with Crippen molar-refractivity contribution in [3.8, 4) is 5.75 Å². The summed E-state index contributed by atoms with van der Waals surface area (Å²) in [5, 5.41) is 12.8. The van der Waals surface area contributed by atoms with Crippen LogP contribution in [0.25, 0.3) is 0 Å². The molecular weight excluding hydrogens is 250 g/mol. The van der Waals surface area contributed by atoms with Crippen LogP contribution < -0.4 is 5.32 Å². The first kappa shape index (κ1) is 12.7. The minimum atomic E-state index is -0.192. The SMILES string of the molecule is O=C(Cc1ccccc1O)NC1(c2ccccc2)CC1. The lowest BCUT2D eigenvalue weighted by molar-refractivity contribution is -0.121. The zero-order valence-corrected chi connectivity index (χ0v) is 11.2. The monoisotopic (exact) mass is 267 g/mol. The van der Waals surface area contributed by atoms with Gasteiger partial charge in [-0.25, -0.2) is 0 Å². The first-order valence-corrected chi connectivity index (χ1v) is 6.83. The Balaban J connectivity index is 1.70. The molecule has 2 N–H and O–H groups in total. The molecule has 0 saturated heterocycles. The summed E-state index contributed by atoms with van der Waals surface area (Å²) in [4.78, 5) is 12.2. The average molecular weight is 267 g/mol. The van der Waals surface area contributed by atoms with Crippen LogP contribution in [0.2, 0.25) is 0 Å². The van der Waals surface area contributed by atoms with Gasteiger partial charge in [-0.1, -0.05) is 48.5 Å². The van der Waals surface area contributed by atoms with Crippen LogP contribution in [-0.2, 0) is 16.8 Å². The number of carbonyl (C=O) groups is 1. The topological polar surface area (TPSA) is 49.3 Å². The second kappa shape index (κ2) is 5.00. The summed E-state index contributed by atoms with van der Waals surface area (Å²) in [5.74, 6) is 0.125. The fourth-order valence-corrected chi connectivity index (χ4v) is 2.51. The Labute approximate surface area is 118 Å². The summed E-state index contributed by atoms with van der Waals surface area (Å²) in [6.07, 6.45) is 2.16. The van der Waals surface area contributed by atoms with Crippen molar-refractivity contribution < 1.29 is 9.90 Å². The van der Waals surface area contributed by atoms with E-state index in [0.29, 0.717) is 5.56 Å². The van der Waals surface area contributed by atoms with E-state index in [1.807, 2.05) is 36.4 Å². The highest BCUT2D eigenvalue weighted by Crippen LogP contribution is 2.45. The van der Waals surface area contributed by atoms with E-state index < -0.39 is 0 Å². The first-order valence-electron chi connectivity index (χ1n) is 6.83. The lowest BCUT2D eigenvalue weighted by Crippen LogP contribution is -2.35. The number of rotatable bonds is 4. The van der Waals surface area contributed by atoms with Crippen LogP contribution in [0.3, 0.4) is 0 Å². The van der Waals surface area contributed by atoms with Crippen molar-refractivity contribution in [1.82, 2.24) is 5.32 Å². The van der Waals surface area contributed by atoms with Crippen molar-refractivity contribution in [2.75, 3.05) is 0 Å². The molecule has 0 spiro atoms. The number of amides is 1. The zero-order valence-electron chi connectivity index (χ0n) is 11.2. The molecule has 0 unspecified atom stereocenters. The number of hydrogen-bond donors (Lipinski definition) is 2. The van der Waals surface area contributed by atoms with Crippen LogP contribution >= 0.6 is 0 Å². The molecule has 0 heterocycles. The lowest BCUT2D eigenvalue weighted by atomic mass is 10.0. The molecule has 102 valence electrons. The maximum absolute atomic E-state index is 12.2. The van der Waals surface area contributed by atoms with Crippen molar-refractivity contribution in [2.45, 2.75) is 24.8 Å². The quantitative estimate of drug-likeness (QED) is 0.895. The number of benzene rings is 2. The Hall–Kier alpha value is -2.29. The maximum Gasteiger partial charge on any atom is 0.225 e. The molecule has 20 heavy (non-hydrogen) atoms. The van der Waals surface area contributed by atoms with Crippen molar-refractivity contribution in [3.63, 3.8) is 0 Å². The van der Waals surface area contributed by atoms with Gasteiger partial charge in [-0.15, -0.1) is 0 Å². The standard InChI is InChI=1S/C17H17NO2/c19-15-9-5-4-6-13(15)12-16(20)18-17(10-11-17)14-7-2-1-3-8-14/h1-9,19H,10-12H2,(H,18,20). The summed E-state index contributed by atoms with van der Waals surface area (Å²) >= 11 is 0. The molecule has 0 bridgehead atoms. The van der Waals surface area contributed by atoms with Crippen molar-refractivity contribution >= 4 is 5.91 Å². The normalized spacial score (nSPS) is 15.6. The number of para-hydroxylation sites is 1. The molecule has 2 aromatic rings. The van der Waals surface area contributed by atoms with E-state index in [0.717, 1.165) is 18.4 Å². The average Bonchev–Trinajstić information content (AvgIpc) is 3.23. The Morgan fingerprint density at radius 2 is 1.70 bits per heavy atom. The van der Waals surface area contributed by atoms with Gasteiger partial charge in [-0.3, -0.25) is 4.79 Å². The van der Waals surface area contributed by atoms with Crippen LogP contribution in [0, 0.1) is 0 Å². The van der Waals surface area contributed by atoms with E-state index in [-0.39, 0.29) is 23.6 Å². The van der Waals surface area contributed by atoms with Crippen LogP contribution in [0.5, 0.6) is 5.75 Å². The molecule has 1 amide bonds. The van der Waals surface area contributed by atoms with Crippen LogP contribution in [0.15, 0.2) is 54.6 Å². The number of phenolic OH excluding ortho intramolecular Hbond substituents is 1. The smallest absolute Gasteiger partial charge is 0.225 e. The van der Waals surface area contributed by atoms with E-state index in [2.05, 4.69) is 5.32 Å². The summed E-state index contributed by atoms with van der Waals surface area (Å²) in [6.45, 7) is 0. The van der Waals surface area contributed by atoms with E-state index in [1.165, 1.54) is 0 Å². The zero-order chi connectivity index (χ0) is 14.0. The second-order valence-corrected chi connectivity index (χ2v) is 5.30. The van der Waals surface area contributed by atoms with Gasteiger partial charge < -0.3 is 10.4 Å². The second-order valence-electron chi connectivity index (χ2n) is 5.30. The number of aromatic hydroxyl groups is 1. The number of hydrogen-bond acceptors (Lipinski definition) is 2. The molecule has 3 nitrogen and oxygen atoms in total. The maximum atomic E-state index is 12.2. The van der Waals surface area contributed by atoms with E-state index in [9.17, 15) is 9.90 Å². The molecule has 0 radical (unpaired) electrons. The molecule has 1 saturated carbocycles. The Morgan fingerprint density at radius 1 is 1.05 bits per heavy atom. The number of carbonyl (C=O) groups excluding carboxylic acids is 1. The van der Waals surface area contributed by atoms with Gasteiger partial charge in [0.05, 0.1) is 12.0 Å². The first-order chi connectivity index (χ1) is 9.70. The van der Waals surface area contributed by atoms with Crippen molar-refractivity contribution in [1.29, 1.82) is 0 Å². The summed E-state index contributed by atoms with van der Waals surface area (Å²) < 4.78 is 0. The number of nitrogens with one attached hydrogen (secondary N) is 1. The highest BCUT2D eigenvalue weighted by molar-refractivity contribution is 5.80. The van der Waals surface area contributed by atoms with Gasteiger partial charge in [0.25, 0.3) is 0 Å². The van der Waals surface area contributed by atoms with Gasteiger partial charge in [-0.05, 0) is 24.5 Å². The summed E-state index contributed by atoms with van der Waals surface area (Å²) in [7, 11) is 0. The Bertz CT molecular complexity index is 618. The fourth-order valence-electron chi connectivity index (χ4n) is 2.51. The van der Waals surface area contributed by atoms with Gasteiger partial charge in [0, 0.05) is 5.56 Å². The van der Waals surface area contributed by atoms with Crippen LogP contribution in [-0.4, -0.2) is 11.0 Å². The molecular formula is C17H17NO2. The predicted octanol–water partition coefficient (Wildman–Crippen LogP) is 2.74. The van der Waals surface area contributed by atoms with Gasteiger partial charge in [0.15, 0.2) is 0 Å². The Morgan fingerprint density at radius 3 is 2.35 bits per heavy atom. The molecule has 3 heteroatoms.